The highest BCUT2D eigenvalue weighted by molar-refractivity contribution is 7.80. The summed E-state index contributed by atoms with van der Waals surface area (Å²) in [5.74, 6) is 1.49. The van der Waals surface area contributed by atoms with E-state index in [1.165, 1.54) is 0 Å². The number of rotatable bonds is 7. The Morgan fingerprint density at radius 1 is 1.04 bits per heavy atom. The molecule has 0 aliphatic carbocycles. The first-order chi connectivity index (χ1) is 12.6. The summed E-state index contributed by atoms with van der Waals surface area (Å²) in [5.41, 5.74) is 6.31. The molecule has 2 N–H and O–H groups in total. The Labute approximate surface area is 159 Å². The predicted molar refractivity (Wildman–Crippen MR) is 108 cm³/mol. The number of anilines is 1. The van der Waals surface area contributed by atoms with Gasteiger partial charge in [-0.15, -0.1) is 0 Å². The molecule has 0 saturated heterocycles. The third-order valence-electron chi connectivity index (χ3n) is 3.68. The number of nitrogens with one attached hydrogen (secondary N) is 2. The molecule has 0 amide bonds. The second kappa shape index (κ2) is 9.74. The average molecular weight is 373 g/mol. The third-order valence-corrected chi connectivity index (χ3v) is 3.87. The van der Waals surface area contributed by atoms with Gasteiger partial charge < -0.3 is 19.5 Å². The van der Waals surface area contributed by atoms with Crippen molar-refractivity contribution in [2.75, 3.05) is 26.6 Å². The third kappa shape index (κ3) is 5.18. The van der Waals surface area contributed by atoms with E-state index in [4.69, 9.17) is 26.4 Å². The minimum absolute atomic E-state index is 0.375. The van der Waals surface area contributed by atoms with Crippen LogP contribution in [0.5, 0.6) is 11.5 Å². The summed E-state index contributed by atoms with van der Waals surface area (Å²) in [6, 6.07) is 13.3. The van der Waals surface area contributed by atoms with Crippen LogP contribution in [0.2, 0.25) is 0 Å². The molecule has 0 saturated carbocycles. The molecule has 0 atom stereocenters. The number of methoxy groups -OCH3 is 3. The average Bonchev–Trinajstić information content (AvgIpc) is 2.66. The minimum atomic E-state index is 0.375. The van der Waals surface area contributed by atoms with Crippen molar-refractivity contribution in [1.82, 2.24) is 5.43 Å². The van der Waals surface area contributed by atoms with Gasteiger partial charge in [0, 0.05) is 12.7 Å². The molecule has 0 unspecified atom stereocenters. The lowest BCUT2D eigenvalue weighted by atomic mass is 10.1. The maximum atomic E-state index is 5.34. The van der Waals surface area contributed by atoms with Gasteiger partial charge in [-0.25, -0.2) is 0 Å². The van der Waals surface area contributed by atoms with Crippen LogP contribution in [0.3, 0.4) is 0 Å². The molecule has 0 heterocycles. The Morgan fingerprint density at radius 2 is 1.77 bits per heavy atom. The number of ether oxygens (including phenoxy) is 3. The Balaban J connectivity index is 2.07. The Bertz CT molecular complexity index is 793. The zero-order chi connectivity index (χ0) is 18.9. The number of benzene rings is 2. The van der Waals surface area contributed by atoms with E-state index in [9.17, 15) is 0 Å². The molecule has 0 aliphatic heterocycles. The standard InChI is InChI=1S/C19H23N3O3S/c1-13(14-9-10-17(24-3)15(11-14)12-23-2)21-22-19(26)20-16-7-5-6-8-18(16)25-4/h5-11H,12H2,1-4H3,(H2,20,22,26)/b21-13-. The molecule has 2 aromatic rings. The maximum absolute atomic E-state index is 5.34. The Hall–Kier alpha value is -2.64. The number of hydrogen-bond acceptors (Lipinski definition) is 5. The SMILES string of the molecule is COCc1cc(/C(C)=N\NC(=S)Nc2ccccc2OC)ccc1OC. The van der Waals surface area contributed by atoms with Crippen molar-refractivity contribution in [3.63, 3.8) is 0 Å². The molecule has 6 nitrogen and oxygen atoms in total. The number of thiocarbonyl (C=S) groups is 1. The van der Waals surface area contributed by atoms with E-state index in [-0.39, 0.29) is 0 Å². The van der Waals surface area contributed by atoms with Crippen LogP contribution in [0.1, 0.15) is 18.1 Å². The van der Waals surface area contributed by atoms with Crippen LogP contribution in [0.15, 0.2) is 47.6 Å². The zero-order valence-corrected chi connectivity index (χ0v) is 16.1. The summed E-state index contributed by atoms with van der Waals surface area (Å²) in [5, 5.41) is 7.78. The Kier molecular flexibility index (Phi) is 7.37. The molecule has 0 fully saturated rings. The fourth-order valence-corrected chi connectivity index (χ4v) is 2.52. The highest BCUT2D eigenvalue weighted by atomic mass is 32.1. The lowest BCUT2D eigenvalue weighted by molar-refractivity contribution is 0.181. The van der Waals surface area contributed by atoms with Crippen LogP contribution >= 0.6 is 12.2 Å². The van der Waals surface area contributed by atoms with Crippen molar-refractivity contribution in [3.05, 3.63) is 53.6 Å². The van der Waals surface area contributed by atoms with Crippen molar-refractivity contribution in [2.24, 2.45) is 5.10 Å². The van der Waals surface area contributed by atoms with E-state index in [0.29, 0.717) is 17.5 Å². The van der Waals surface area contributed by atoms with Gasteiger partial charge in [0.1, 0.15) is 11.5 Å². The van der Waals surface area contributed by atoms with Crippen molar-refractivity contribution < 1.29 is 14.2 Å². The van der Waals surface area contributed by atoms with E-state index >= 15 is 0 Å². The van der Waals surface area contributed by atoms with E-state index < -0.39 is 0 Å². The topological polar surface area (TPSA) is 64.1 Å². The van der Waals surface area contributed by atoms with Crippen LogP contribution in [0.25, 0.3) is 0 Å². The summed E-state index contributed by atoms with van der Waals surface area (Å²) in [6.45, 7) is 2.36. The first-order valence-electron chi connectivity index (χ1n) is 7.99. The van der Waals surface area contributed by atoms with Gasteiger partial charge in [0.25, 0.3) is 0 Å². The monoisotopic (exact) mass is 373 g/mol. The number of hydrogen-bond donors (Lipinski definition) is 2. The van der Waals surface area contributed by atoms with Crippen molar-refractivity contribution in [2.45, 2.75) is 13.5 Å². The van der Waals surface area contributed by atoms with Gasteiger partial charge >= 0.3 is 0 Å². The van der Waals surface area contributed by atoms with Gasteiger partial charge in [0.2, 0.25) is 0 Å². The van der Waals surface area contributed by atoms with Crippen molar-refractivity contribution in [3.8, 4) is 11.5 Å². The van der Waals surface area contributed by atoms with E-state index in [1.807, 2.05) is 49.4 Å². The second-order valence-corrected chi connectivity index (χ2v) is 5.83. The van der Waals surface area contributed by atoms with Gasteiger partial charge in [-0.3, -0.25) is 5.43 Å². The predicted octanol–water partition coefficient (Wildman–Crippen LogP) is 3.56. The van der Waals surface area contributed by atoms with E-state index in [1.54, 1.807) is 21.3 Å². The molecule has 0 aliphatic rings. The molecule has 0 spiro atoms. The molecule has 2 rings (SSSR count). The van der Waals surface area contributed by atoms with Gasteiger partial charge in [-0.05, 0) is 55.0 Å². The van der Waals surface area contributed by atoms with Gasteiger partial charge in [-0.2, -0.15) is 5.10 Å². The van der Waals surface area contributed by atoms with Crippen molar-refractivity contribution >= 4 is 28.7 Å². The molecule has 26 heavy (non-hydrogen) atoms. The normalized spacial score (nSPS) is 11.0. The molecular weight excluding hydrogens is 350 g/mol. The van der Waals surface area contributed by atoms with Crippen molar-refractivity contribution in [1.29, 1.82) is 0 Å². The van der Waals surface area contributed by atoms with Crippen LogP contribution in [-0.2, 0) is 11.3 Å². The van der Waals surface area contributed by atoms with Crippen LogP contribution in [0.4, 0.5) is 5.69 Å². The fourth-order valence-electron chi connectivity index (χ4n) is 2.37. The summed E-state index contributed by atoms with van der Waals surface area (Å²) in [7, 11) is 4.90. The smallest absolute Gasteiger partial charge is 0.191 e. The van der Waals surface area contributed by atoms with Gasteiger partial charge in [-0.1, -0.05) is 12.1 Å². The first kappa shape index (κ1) is 19.7. The summed E-state index contributed by atoms with van der Waals surface area (Å²) in [4.78, 5) is 0. The molecule has 2 aromatic carbocycles. The Morgan fingerprint density at radius 3 is 2.46 bits per heavy atom. The van der Waals surface area contributed by atoms with Crippen LogP contribution in [0, 0.1) is 0 Å². The van der Waals surface area contributed by atoms with Crippen LogP contribution in [-0.4, -0.2) is 32.2 Å². The number of nitrogens with zero attached hydrogens (tertiary/aromatic N) is 1. The van der Waals surface area contributed by atoms with Crippen LogP contribution < -0.4 is 20.2 Å². The van der Waals surface area contributed by atoms with E-state index in [2.05, 4.69) is 15.8 Å². The highest BCUT2D eigenvalue weighted by Crippen LogP contribution is 2.23. The lowest BCUT2D eigenvalue weighted by Crippen LogP contribution is -2.25. The summed E-state index contributed by atoms with van der Waals surface area (Å²) < 4.78 is 15.8. The molecule has 0 bridgehead atoms. The largest absolute Gasteiger partial charge is 0.496 e. The zero-order valence-electron chi connectivity index (χ0n) is 15.3. The summed E-state index contributed by atoms with van der Waals surface area (Å²) in [6.07, 6.45) is 0. The number of hydrazone groups is 1. The second-order valence-electron chi connectivity index (χ2n) is 5.42. The lowest BCUT2D eigenvalue weighted by Gasteiger charge is -2.12. The molecule has 0 radical (unpaired) electrons. The highest BCUT2D eigenvalue weighted by Gasteiger charge is 2.07. The maximum Gasteiger partial charge on any atom is 0.191 e. The molecule has 138 valence electrons. The number of para-hydroxylation sites is 2. The molecule has 7 heteroatoms. The molecule has 0 aromatic heterocycles. The summed E-state index contributed by atoms with van der Waals surface area (Å²) >= 11 is 5.29. The molecular formula is C19H23N3O3S. The fraction of sp³-hybridized carbons (Fsp3) is 0.263. The van der Waals surface area contributed by atoms with E-state index in [0.717, 1.165) is 28.3 Å². The first-order valence-corrected chi connectivity index (χ1v) is 8.40. The van der Waals surface area contributed by atoms with Gasteiger partial charge in [0.15, 0.2) is 5.11 Å². The quantitative estimate of drug-likeness (QED) is 0.440. The van der Waals surface area contributed by atoms with Gasteiger partial charge in [0.05, 0.1) is 32.2 Å². The minimum Gasteiger partial charge on any atom is -0.496 e.